The SMILES string of the molecule is CCOC(=O)COc1c(I)cc(/C=N\NC(=O)CSc2ccc(Cl)cc2)cc1OCC. The average Bonchev–Trinajstić information content (AvgIpc) is 2.73. The van der Waals surface area contributed by atoms with E-state index in [1.807, 2.05) is 25.1 Å². The maximum Gasteiger partial charge on any atom is 0.344 e. The Morgan fingerprint density at radius 2 is 1.90 bits per heavy atom. The Morgan fingerprint density at radius 1 is 1.16 bits per heavy atom. The van der Waals surface area contributed by atoms with Crippen molar-refractivity contribution in [3.05, 3.63) is 50.6 Å². The first kappa shape index (κ1) is 25.3. The molecular formula is C21H22ClIN2O5S. The number of halogens is 2. The second-order valence-corrected chi connectivity index (χ2v) is 8.54. The van der Waals surface area contributed by atoms with Crippen molar-refractivity contribution in [2.75, 3.05) is 25.6 Å². The number of ether oxygens (including phenoxy) is 3. The highest BCUT2D eigenvalue weighted by atomic mass is 127. The number of esters is 1. The van der Waals surface area contributed by atoms with Crippen molar-refractivity contribution >= 4 is 64.0 Å². The summed E-state index contributed by atoms with van der Waals surface area (Å²) in [5, 5.41) is 4.66. The lowest BCUT2D eigenvalue weighted by Gasteiger charge is -2.14. The molecule has 7 nitrogen and oxygen atoms in total. The topological polar surface area (TPSA) is 86.2 Å². The van der Waals surface area contributed by atoms with E-state index in [1.165, 1.54) is 18.0 Å². The highest BCUT2D eigenvalue weighted by Crippen LogP contribution is 2.34. The van der Waals surface area contributed by atoms with E-state index in [9.17, 15) is 9.59 Å². The Bertz CT molecular complexity index is 925. The fourth-order valence-electron chi connectivity index (χ4n) is 2.29. The summed E-state index contributed by atoms with van der Waals surface area (Å²) in [5.41, 5.74) is 3.21. The smallest absolute Gasteiger partial charge is 0.344 e. The van der Waals surface area contributed by atoms with Crippen molar-refractivity contribution in [2.45, 2.75) is 18.7 Å². The van der Waals surface area contributed by atoms with E-state index < -0.39 is 5.97 Å². The van der Waals surface area contributed by atoms with Crippen LogP contribution in [0, 0.1) is 3.57 Å². The molecule has 0 atom stereocenters. The lowest BCUT2D eigenvalue weighted by atomic mass is 10.2. The molecule has 2 aromatic carbocycles. The number of nitrogens with zero attached hydrogens (tertiary/aromatic N) is 1. The Hall–Kier alpha value is -1.98. The third-order valence-electron chi connectivity index (χ3n) is 3.56. The second kappa shape index (κ2) is 13.4. The van der Waals surface area contributed by atoms with Crippen LogP contribution >= 0.6 is 46.0 Å². The third-order valence-corrected chi connectivity index (χ3v) is 5.62. The molecule has 0 aromatic heterocycles. The van der Waals surface area contributed by atoms with Gasteiger partial charge in [0.25, 0.3) is 0 Å². The van der Waals surface area contributed by atoms with Crippen LogP contribution in [0.15, 0.2) is 46.4 Å². The molecule has 0 aliphatic heterocycles. The number of hydrogen-bond donors (Lipinski definition) is 1. The highest BCUT2D eigenvalue weighted by molar-refractivity contribution is 14.1. The molecule has 166 valence electrons. The molecule has 0 fully saturated rings. The van der Waals surface area contributed by atoms with Gasteiger partial charge in [-0.25, -0.2) is 10.2 Å². The Morgan fingerprint density at radius 3 is 2.58 bits per heavy atom. The fraction of sp³-hybridized carbons (Fsp3) is 0.286. The Balaban J connectivity index is 1.96. The van der Waals surface area contributed by atoms with Crippen LogP contribution in [-0.2, 0) is 14.3 Å². The molecule has 0 spiro atoms. The minimum absolute atomic E-state index is 0.210. The van der Waals surface area contributed by atoms with Crippen molar-refractivity contribution in [1.29, 1.82) is 0 Å². The van der Waals surface area contributed by atoms with E-state index in [4.69, 9.17) is 25.8 Å². The monoisotopic (exact) mass is 576 g/mol. The summed E-state index contributed by atoms with van der Waals surface area (Å²) >= 11 is 9.33. The van der Waals surface area contributed by atoms with Crippen LogP contribution in [-0.4, -0.2) is 43.7 Å². The van der Waals surface area contributed by atoms with Gasteiger partial charge in [0, 0.05) is 9.92 Å². The number of nitrogens with one attached hydrogen (secondary N) is 1. The molecule has 1 amide bonds. The first-order chi connectivity index (χ1) is 14.9. The van der Waals surface area contributed by atoms with Crippen molar-refractivity contribution in [3.8, 4) is 11.5 Å². The largest absolute Gasteiger partial charge is 0.490 e. The van der Waals surface area contributed by atoms with Crippen molar-refractivity contribution in [3.63, 3.8) is 0 Å². The second-order valence-electron chi connectivity index (χ2n) is 5.89. The van der Waals surface area contributed by atoms with E-state index in [0.29, 0.717) is 28.7 Å². The van der Waals surface area contributed by atoms with E-state index in [-0.39, 0.29) is 24.9 Å². The van der Waals surface area contributed by atoms with Crippen molar-refractivity contribution in [2.24, 2.45) is 5.10 Å². The number of carbonyl (C=O) groups excluding carboxylic acids is 2. The van der Waals surface area contributed by atoms with Gasteiger partial charge in [0.15, 0.2) is 18.1 Å². The van der Waals surface area contributed by atoms with Gasteiger partial charge in [-0.1, -0.05) is 11.6 Å². The van der Waals surface area contributed by atoms with Crippen molar-refractivity contribution < 1.29 is 23.8 Å². The molecule has 0 aliphatic rings. The molecular weight excluding hydrogens is 555 g/mol. The average molecular weight is 577 g/mol. The normalized spacial score (nSPS) is 10.7. The lowest BCUT2D eigenvalue weighted by molar-refractivity contribution is -0.145. The van der Waals surface area contributed by atoms with Gasteiger partial charge in [0.1, 0.15) is 0 Å². The van der Waals surface area contributed by atoms with Gasteiger partial charge in [0.2, 0.25) is 5.91 Å². The summed E-state index contributed by atoms with van der Waals surface area (Å²) in [6, 6.07) is 10.8. The zero-order valence-electron chi connectivity index (χ0n) is 17.0. The molecule has 0 unspecified atom stereocenters. The van der Waals surface area contributed by atoms with Gasteiger partial charge in [-0.15, -0.1) is 11.8 Å². The molecule has 31 heavy (non-hydrogen) atoms. The summed E-state index contributed by atoms with van der Waals surface area (Å²) in [5.74, 6) is 0.471. The summed E-state index contributed by atoms with van der Waals surface area (Å²) in [4.78, 5) is 24.5. The quantitative estimate of drug-likeness (QED) is 0.139. The van der Waals surface area contributed by atoms with Gasteiger partial charge in [-0.2, -0.15) is 5.10 Å². The summed E-state index contributed by atoms with van der Waals surface area (Å²) in [7, 11) is 0. The summed E-state index contributed by atoms with van der Waals surface area (Å²) in [6.45, 7) is 4.08. The highest BCUT2D eigenvalue weighted by Gasteiger charge is 2.14. The van der Waals surface area contributed by atoms with Gasteiger partial charge in [0.05, 0.1) is 28.8 Å². The van der Waals surface area contributed by atoms with Gasteiger partial charge in [-0.3, -0.25) is 4.79 Å². The number of thioether (sulfide) groups is 1. The molecule has 0 saturated carbocycles. The lowest BCUT2D eigenvalue weighted by Crippen LogP contribution is -2.19. The summed E-state index contributed by atoms with van der Waals surface area (Å²) < 4.78 is 16.8. The van der Waals surface area contributed by atoms with Gasteiger partial charge < -0.3 is 14.2 Å². The molecule has 0 radical (unpaired) electrons. The molecule has 0 heterocycles. The van der Waals surface area contributed by atoms with Gasteiger partial charge in [-0.05, 0) is 78.4 Å². The van der Waals surface area contributed by atoms with Crippen LogP contribution in [0.5, 0.6) is 11.5 Å². The number of rotatable bonds is 11. The minimum atomic E-state index is -0.453. The zero-order chi connectivity index (χ0) is 22.6. The van der Waals surface area contributed by atoms with Crippen LogP contribution in [0.1, 0.15) is 19.4 Å². The molecule has 0 aliphatic carbocycles. The van der Waals surface area contributed by atoms with E-state index >= 15 is 0 Å². The van der Waals surface area contributed by atoms with Crippen molar-refractivity contribution in [1.82, 2.24) is 5.43 Å². The number of hydrogen-bond acceptors (Lipinski definition) is 7. The fourth-order valence-corrected chi connectivity index (χ4v) is 3.89. The number of hydrazone groups is 1. The Kier molecular flexibility index (Phi) is 11.0. The first-order valence-electron chi connectivity index (χ1n) is 9.38. The van der Waals surface area contributed by atoms with Crippen LogP contribution in [0.25, 0.3) is 0 Å². The maximum atomic E-state index is 12.0. The number of benzene rings is 2. The van der Waals surface area contributed by atoms with E-state index in [1.54, 1.807) is 25.1 Å². The molecule has 2 aromatic rings. The standard InChI is InChI=1S/C21H22ClIN2O5S/c1-3-28-18-10-14(9-17(23)21(18)30-12-20(27)29-4-2)11-24-25-19(26)13-31-16-7-5-15(22)6-8-16/h5-11H,3-4,12-13H2,1-2H3,(H,25,26)/b24-11-. The van der Waals surface area contributed by atoms with Crippen LogP contribution in [0.4, 0.5) is 0 Å². The van der Waals surface area contributed by atoms with E-state index in [2.05, 4.69) is 33.1 Å². The van der Waals surface area contributed by atoms with Crippen LogP contribution < -0.4 is 14.9 Å². The predicted octanol–water partition coefficient (Wildman–Crippen LogP) is 4.53. The molecule has 0 bridgehead atoms. The predicted molar refractivity (Wildman–Crippen MR) is 130 cm³/mol. The minimum Gasteiger partial charge on any atom is -0.490 e. The molecule has 2 rings (SSSR count). The van der Waals surface area contributed by atoms with Gasteiger partial charge >= 0.3 is 5.97 Å². The van der Waals surface area contributed by atoms with Crippen LogP contribution in [0.2, 0.25) is 5.02 Å². The van der Waals surface area contributed by atoms with Crippen LogP contribution in [0.3, 0.4) is 0 Å². The number of carbonyl (C=O) groups is 2. The molecule has 1 N–H and O–H groups in total. The van der Waals surface area contributed by atoms with E-state index in [0.717, 1.165) is 8.47 Å². The Labute approximate surface area is 204 Å². The third kappa shape index (κ3) is 8.96. The summed E-state index contributed by atoms with van der Waals surface area (Å²) in [6.07, 6.45) is 1.52. The first-order valence-corrected chi connectivity index (χ1v) is 11.8. The number of amides is 1. The molecule has 0 saturated heterocycles. The maximum absolute atomic E-state index is 12.0. The molecule has 10 heteroatoms. The zero-order valence-corrected chi connectivity index (χ0v) is 20.8.